The van der Waals surface area contributed by atoms with Crippen molar-refractivity contribution in [3.8, 4) is 0 Å². The Morgan fingerprint density at radius 3 is 1.90 bits per heavy atom. The van der Waals surface area contributed by atoms with Crippen molar-refractivity contribution in [1.29, 1.82) is 0 Å². The van der Waals surface area contributed by atoms with Crippen LogP contribution in [-0.4, -0.2) is 34.9 Å². The van der Waals surface area contributed by atoms with Crippen molar-refractivity contribution in [1.82, 2.24) is 0 Å². The van der Waals surface area contributed by atoms with Crippen molar-refractivity contribution in [2.75, 3.05) is 5.33 Å². The first-order valence-corrected chi connectivity index (χ1v) is 4.89. The first-order valence-electron chi connectivity index (χ1n) is 3.77. The van der Waals surface area contributed by atoms with E-state index in [1.165, 1.54) is 32.1 Å². The van der Waals surface area contributed by atoms with E-state index in [0.29, 0.717) is 0 Å². The SMILES string of the molecule is [CH2]CCCCCCCBr.[NaH]. The molecule has 0 aliphatic rings. The van der Waals surface area contributed by atoms with Gasteiger partial charge in [0, 0.05) is 5.33 Å². The molecule has 0 heterocycles. The van der Waals surface area contributed by atoms with Gasteiger partial charge in [-0.3, -0.25) is 0 Å². The molecule has 0 aliphatic heterocycles. The van der Waals surface area contributed by atoms with Crippen molar-refractivity contribution in [2.45, 2.75) is 38.5 Å². The molecule has 2 heteroatoms. The average molecular weight is 216 g/mol. The monoisotopic (exact) mass is 215 g/mol. The van der Waals surface area contributed by atoms with E-state index in [1.54, 1.807) is 0 Å². The normalized spacial score (nSPS) is 9.00. The molecule has 0 saturated carbocycles. The molecule has 0 saturated heterocycles. The molecule has 0 rings (SSSR count). The fraction of sp³-hybridized carbons (Fsp3) is 0.875. The van der Waals surface area contributed by atoms with Crippen molar-refractivity contribution in [3.05, 3.63) is 6.92 Å². The van der Waals surface area contributed by atoms with Gasteiger partial charge in [0.1, 0.15) is 0 Å². The number of alkyl halides is 1. The number of hydrogen-bond acceptors (Lipinski definition) is 0. The summed E-state index contributed by atoms with van der Waals surface area (Å²) in [7, 11) is 0. The molecular formula is C8H17BrNa. The van der Waals surface area contributed by atoms with Crippen LogP contribution in [0.3, 0.4) is 0 Å². The summed E-state index contributed by atoms with van der Waals surface area (Å²) in [5, 5.41) is 1.16. The predicted molar refractivity (Wildman–Crippen MR) is 54.0 cm³/mol. The first kappa shape index (κ1) is 14.0. The number of unbranched alkanes of at least 4 members (excludes halogenated alkanes) is 5. The van der Waals surface area contributed by atoms with Gasteiger partial charge in [0.15, 0.2) is 0 Å². The molecule has 0 amide bonds. The minimum atomic E-state index is 0. The minimum absolute atomic E-state index is 0. The summed E-state index contributed by atoms with van der Waals surface area (Å²) in [4.78, 5) is 0. The Bertz CT molecular complexity index is 42.5. The van der Waals surface area contributed by atoms with Gasteiger partial charge < -0.3 is 0 Å². The molecule has 0 spiro atoms. The second kappa shape index (κ2) is 13.1. The van der Waals surface area contributed by atoms with Crippen LogP contribution in [0.5, 0.6) is 0 Å². The van der Waals surface area contributed by atoms with Crippen LogP contribution in [0.25, 0.3) is 0 Å². The summed E-state index contributed by atoms with van der Waals surface area (Å²) < 4.78 is 0. The number of rotatable bonds is 6. The molecule has 0 aromatic heterocycles. The van der Waals surface area contributed by atoms with E-state index < -0.39 is 0 Å². The van der Waals surface area contributed by atoms with Gasteiger partial charge in [0.2, 0.25) is 0 Å². The maximum absolute atomic E-state index is 3.79. The van der Waals surface area contributed by atoms with Gasteiger partial charge in [-0.15, -0.1) is 0 Å². The van der Waals surface area contributed by atoms with Crippen LogP contribution in [0.2, 0.25) is 0 Å². The van der Waals surface area contributed by atoms with E-state index in [9.17, 15) is 0 Å². The van der Waals surface area contributed by atoms with Gasteiger partial charge in [0.05, 0.1) is 0 Å². The Kier molecular flexibility index (Phi) is 18.4. The molecule has 57 valence electrons. The van der Waals surface area contributed by atoms with Crippen LogP contribution in [0.15, 0.2) is 0 Å². The van der Waals surface area contributed by atoms with E-state index >= 15 is 0 Å². The van der Waals surface area contributed by atoms with Crippen LogP contribution in [0.4, 0.5) is 0 Å². The van der Waals surface area contributed by atoms with Gasteiger partial charge in [0.25, 0.3) is 0 Å². The Morgan fingerprint density at radius 1 is 0.900 bits per heavy atom. The second-order valence-electron chi connectivity index (χ2n) is 2.31. The molecule has 0 aromatic carbocycles. The summed E-state index contributed by atoms with van der Waals surface area (Å²) in [5.41, 5.74) is 0. The third kappa shape index (κ3) is 12.2. The first-order chi connectivity index (χ1) is 4.41. The zero-order valence-corrected chi connectivity index (χ0v) is 7.62. The fourth-order valence-corrected chi connectivity index (χ4v) is 1.20. The van der Waals surface area contributed by atoms with Gasteiger partial charge in [-0.1, -0.05) is 55.0 Å². The molecular weight excluding hydrogens is 199 g/mol. The molecule has 0 N–H and O–H groups in total. The van der Waals surface area contributed by atoms with E-state index in [4.69, 9.17) is 0 Å². The summed E-state index contributed by atoms with van der Waals surface area (Å²) in [6, 6.07) is 0. The van der Waals surface area contributed by atoms with Crippen molar-refractivity contribution < 1.29 is 0 Å². The van der Waals surface area contributed by atoms with E-state index in [0.717, 1.165) is 11.8 Å². The topological polar surface area (TPSA) is 0 Å². The quantitative estimate of drug-likeness (QED) is 0.364. The second-order valence-corrected chi connectivity index (χ2v) is 3.10. The Morgan fingerprint density at radius 2 is 1.40 bits per heavy atom. The molecule has 10 heavy (non-hydrogen) atoms. The Labute approximate surface area is 95.6 Å². The Balaban J connectivity index is 0. The van der Waals surface area contributed by atoms with Gasteiger partial charge >= 0.3 is 29.6 Å². The zero-order chi connectivity index (χ0) is 6.95. The molecule has 0 aromatic rings. The van der Waals surface area contributed by atoms with Crippen LogP contribution < -0.4 is 0 Å². The van der Waals surface area contributed by atoms with E-state index in [-0.39, 0.29) is 29.6 Å². The maximum atomic E-state index is 3.79. The molecule has 0 fully saturated rings. The summed E-state index contributed by atoms with van der Waals surface area (Å²) >= 11 is 3.41. The standard InChI is InChI=1S/C8H16Br.Na.H/c1-2-3-4-5-6-7-8-9;;/h1-8H2;;. The third-order valence-corrected chi connectivity index (χ3v) is 1.94. The number of halogens is 1. The molecule has 0 atom stereocenters. The Hall–Kier alpha value is 1.48. The summed E-state index contributed by atoms with van der Waals surface area (Å²) in [6.45, 7) is 3.79. The van der Waals surface area contributed by atoms with Crippen LogP contribution in [-0.2, 0) is 0 Å². The average Bonchev–Trinajstić information content (AvgIpc) is 1.89. The molecule has 0 unspecified atom stereocenters. The van der Waals surface area contributed by atoms with Crippen molar-refractivity contribution in [2.24, 2.45) is 0 Å². The summed E-state index contributed by atoms with van der Waals surface area (Å²) in [6.07, 6.45) is 7.89. The van der Waals surface area contributed by atoms with Crippen molar-refractivity contribution >= 4 is 45.5 Å². The van der Waals surface area contributed by atoms with Gasteiger partial charge in [-0.25, -0.2) is 0 Å². The fourth-order valence-electron chi connectivity index (χ4n) is 0.802. The molecule has 1 radical (unpaired) electrons. The molecule has 0 bridgehead atoms. The number of hydrogen-bond donors (Lipinski definition) is 0. The van der Waals surface area contributed by atoms with Crippen LogP contribution in [0, 0.1) is 6.92 Å². The van der Waals surface area contributed by atoms with Gasteiger partial charge in [-0.05, 0) is 6.42 Å². The van der Waals surface area contributed by atoms with Gasteiger partial charge in [-0.2, -0.15) is 0 Å². The third-order valence-electron chi connectivity index (χ3n) is 1.38. The van der Waals surface area contributed by atoms with Crippen LogP contribution >= 0.6 is 15.9 Å². The van der Waals surface area contributed by atoms with E-state index in [2.05, 4.69) is 22.9 Å². The molecule has 0 nitrogen and oxygen atoms in total. The van der Waals surface area contributed by atoms with E-state index in [1.807, 2.05) is 0 Å². The van der Waals surface area contributed by atoms with Crippen molar-refractivity contribution in [3.63, 3.8) is 0 Å². The molecule has 0 aliphatic carbocycles. The van der Waals surface area contributed by atoms with Crippen LogP contribution in [0.1, 0.15) is 38.5 Å². The predicted octanol–water partition coefficient (Wildman–Crippen LogP) is 2.91. The summed E-state index contributed by atoms with van der Waals surface area (Å²) in [5.74, 6) is 0. The zero-order valence-electron chi connectivity index (χ0n) is 6.03.